The first-order valence-electron chi connectivity index (χ1n) is 7.49. The van der Waals surface area contributed by atoms with Gasteiger partial charge in [-0.2, -0.15) is 0 Å². The summed E-state index contributed by atoms with van der Waals surface area (Å²) in [7, 11) is 0. The standard InChI is InChI=1S/C17H22N2O4/c1-11(14-9-12-7-5-6-8-13(12)22-14)19-15(20)10-18-16(21)23-17(2,3)4/h5-9,11H,10H2,1-4H3,(H,18,21)(H,19,20)/t11-/m0/s1. The van der Waals surface area contributed by atoms with Crippen LogP contribution >= 0.6 is 0 Å². The molecule has 0 saturated carbocycles. The summed E-state index contributed by atoms with van der Waals surface area (Å²) in [6.45, 7) is 6.95. The van der Waals surface area contributed by atoms with E-state index in [2.05, 4.69) is 10.6 Å². The molecule has 0 aliphatic rings. The molecule has 2 N–H and O–H groups in total. The van der Waals surface area contributed by atoms with E-state index in [9.17, 15) is 9.59 Å². The third-order valence-corrected chi connectivity index (χ3v) is 3.04. The average molecular weight is 318 g/mol. The molecule has 2 aromatic rings. The lowest BCUT2D eigenvalue weighted by molar-refractivity contribution is -0.121. The molecule has 0 fully saturated rings. The Morgan fingerprint density at radius 1 is 1.26 bits per heavy atom. The highest BCUT2D eigenvalue weighted by molar-refractivity contribution is 5.83. The minimum absolute atomic E-state index is 0.153. The number of fused-ring (bicyclic) bond motifs is 1. The Morgan fingerprint density at radius 3 is 2.61 bits per heavy atom. The Balaban J connectivity index is 1.86. The Morgan fingerprint density at radius 2 is 1.96 bits per heavy atom. The second-order valence-electron chi connectivity index (χ2n) is 6.33. The van der Waals surface area contributed by atoms with Gasteiger partial charge in [-0.05, 0) is 39.8 Å². The average Bonchev–Trinajstić information content (AvgIpc) is 2.87. The number of ether oxygens (including phenoxy) is 1. The van der Waals surface area contributed by atoms with Gasteiger partial charge in [0.1, 0.15) is 23.5 Å². The molecule has 1 aromatic heterocycles. The Kier molecular flexibility index (Phi) is 4.93. The van der Waals surface area contributed by atoms with Crippen molar-refractivity contribution >= 4 is 23.0 Å². The number of hydrogen-bond acceptors (Lipinski definition) is 4. The number of benzene rings is 1. The van der Waals surface area contributed by atoms with Gasteiger partial charge >= 0.3 is 6.09 Å². The number of carbonyl (C=O) groups excluding carboxylic acids is 2. The smallest absolute Gasteiger partial charge is 0.408 e. The van der Waals surface area contributed by atoms with Gasteiger partial charge in [-0.25, -0.2) is 4.79 Å². The molecular weight excluding hydrogens is 296 g/mol. The van der Waals surface area contributed by atoms with Crippen molar-refractivity contribution in [3.8, 4) is 0 Å². The zero-order chi connectivity index (χ0) is 17.0. The molecule has 23 heavy (non-hydrogen) atoms. The summed E-state index contributed by atoms with van der Waals surface area (Å²) in [6.07, 6.45) is -0.621. The van der Waals surface area contributed by atoms with Crippen molar-refractivity contribution < 1.29 is 18.7 Å². The van der Waals surface area contributed by atoms with Crippen molar-refractivity contribution in [1.29, 1.82) is 0 Å². The molecule has 1 heterocycles. The van der Waals surface area contributed by atoms with Gasteiger partial charge in [0.05, 0.1) is 6.04 Å². The Hall–Kier alpha value is -2.50. The van der Waals surface area contributed by atoms with Gasteiger partial charge < -0.3 is 19.8 Å². The monoisotopic (exact) mass is 318 g/mol. The molecule has 124 valence electrons. The Bertz CT molecular complexity index is 667. The van der Waals surface area contributed by atoms with E-state index in [4.69, 9.17) is 9.15 Å². The number of carbonyl (C=O) groups is 2. The van der Waals surface area contributed by atoms with Gasteiger partial charge in [0.25, 0.3) is 0 Å². The first-order chi connectivity index (χ1) is 10.7. The van der Waals surface area contributed by atoms with Gasteiger partial charge in [-0.1, -0.05) is 18.2 Å². The fourth-order valence-corrected chi connectivity index (χ4v) is 2.05. The predicted molar refractivity (Wildman–Crippen MR) is 87.0 cm³/mol. The van der Waals surface area contributed by atoms with Gasteiger partial charge in [0, 0.05) is 5.39 Å². The lowest BCUT2D eigenvalue weighted by Crippen LogP contribution is -2.40. The zero-order valence-corrected chi connectivity index (χ0v) is 13.8. The van der Waals surface area contributed by atoms with Gasteiger partial charge in [0.2, 0.25) is 5.91 Å². The number of hydrogen-bond donors (Lipinski definition) is 2. The number of alkyl carbamates (subject to hydrolysis) is 1. The van der Waals surface area contributed by atoms with Crippen molar-refractivity contribution in [2.24, 2.45) is 0 Å². The molecule has 2 amide bonds. The molecule has 0 aliphatic carbocycles. The summed E-state index contributed by atoms with van der Waals surface area (Å²) in [6, 6.07) is 9.23. The van der Waals surface area contributed by atoms with Crippen molar-refractivity contribution in [3.05, 3.63) is 36.1 Å². The maximum Gasteiger partial charge on any atom is 0.408 e. The molecule has 1 aromatic carbocycles. The molecule has 0 saturated heterocycles. The third kappa shape index (κ3) is 5.02. The van der Waals surface area contributed by atoms with Crippen LogP contribution < -0.4 is 10.6 Å². The van der Waals surface area contributed by atoms with E-state index < -0.39 is 11.7 Å². The number of amides is 2. The van der Waals surface area contributed by atoms with Crippen molar-refractivity contribution in [3.63, 3.8) is 0 Å². The SMILES string of the molecule is C[C@H](NC(=O)CNC(=O)OC(C)(C)C)c1cc2ccccc2o1. The Labute approximate surface area is 135 Å². The van der Waals surface area contributed by atoms with Crippen LogP contribution in [0.5, 0.6) is 0 Å². The normalized spacial score (nSPS) is 12.7. The van der Waals surface area contributed by atoms with Crippen LogP contribution in [0.25, 0.3) is 11.0 Å². The van der Waals surface area contributed by atoms with Gasteiger partial charge in [-0.3, -0.25) is 4.79 Å². The van der Waals surface area contributed by atoms with Crippen molar-refractivity contribution in [1.82, 2.24) is 10.6 Å². The summed E-state index contributed by atoms with van der Waals surface area (Å²) < 4.78 is 10.8. The van der Waals surface area contributed by atoms with E-state index in [1.807, 2.05) is 37.3 Å². The van der Waals surface area contributed by atoms with Crippen LogP contribution in [0.15, 0.2) is 34.7 Å². The summed E-state index contributed by atoms with van der Waals surface area (Å²) in [5.74, 6) is 0.348. The first kappa shape index (κ1) is 16.9. The lowest BCUT2D eigenvalue weighted by atomic mass is 10.2. The number of furan rings is 1. The number of nitrogens with one attached hydrogen (secondary N) is 2. The van der Waals surface area contributed by atoms with E-state index >= 15 is 0 Å². The number of para-hydroxylation sites is 1. The molecule has 0 radical (unpaired) electrons. The molecule has 0 aliphatic heterocycles. The van der Waals surface area contributed by atoms with E-state index in [0.717, 1.165) is 11.0 Å². The van der Waals surface area contributed by atoms with Crippen LogP contribution in [0.4, 0.5) is 4.79 Å². The predicted octanol–water partition coefficient (Wildman–Crippen LogP) is 3.13. The van der Waals surface area contributed by atoms with Crippen LogP contribution in [-0.2, 0) is 9.53 Å². The molecule has 0 bridgehead atoms. The maximum atomic E-state index is 11.9. The number of rotatable bonds is 4. The molecule has 2 rings (SSSR count). The van der Waals surface area contributed by atoms with Crippen LogP contribution in [0.2, 0.25) is 0 Å². The summed E-state index contributed by atoms with van der Waals surface area (Å²) in [5.41, 5.74) is 0.178. The first-order valence-corrected chi connectivity index (χ1v) is 7.49. The quantitative estimate of drug-likeness (QED) is 0.907. The van der Waals surface area contributed by atoms with E-state index in [-0.39, 0.29) is 18.5 Å². The summed E-state index contributed by atoms with van der Waals surface area (Å²) in [4.78, 5) is 23.4. The van der Waals surface area contributed by atoms with Crippen LogP contribution in [0.3, 0.4) is 0 Å². The molecule has 0 unspecified atom stereocenters. The van der Waals surface area contributed by atoms with Crippen molar-refractivity contribution in [2.75, 3.05) is 6.54 Å². The molecule has 6 nitrogen and oxygen atoms in total. The zero-order valence-electron chi connectivity index (χ0n) is 13.8. The highest BCUT2D eigenvalue weighted by Gasteiger charge is 2.18. The van der Waals surface area contributed by atoms with E-state index in [1.54, 1.807) is 20.8 Å². The van der Waals surface area contributed by atoms with E-state index in [0.29, 0.717) is 5.76 Å². The van der Waals surface area contributed by atoms with Crippen molar-refractivity contribution in [2.45, 2.75) is 39.3 Å². The maximum absolute atomic E-state index is 11.9. The minimum atomic E-state index is -0.621. The van der Waals surface area contributed by atoms with Gasteiger partial charge in [-0.15, -0.1) is 0 Å². The molecule has 0 spiro atoms. The fourth-order valence-electron chi connectivity index (χ4n) is 2.05. The largest absolute Gasteiger partial charge is 0.459 e. The molecule has 1 atom stereocenters. The van der Waals surface area contributed by atoms with Gasteiger partial charge in [0.15, 0.2) is 0 Å². The van der Waals surface area contributed by atoms with Crippen LogP contribution in [0.1, 0.15) is 39.5 Å². The third-order valence-electron chi connectivity index (χ3n) is 3.04. The second kappa shape index (κ2) is 6.73. The summed E-state index contributed by atoms with van der Waals surface area (Å²) in [5, 5.41) is 6.17. The highest BCUT2D eigenvalue weighted by Crippen LogP contribution is 2.23. The topological polar surface area (TPSA) is 80.6 Å². The molecular formula is C17H22N2O4. The van der Waals surface area contributed by atoms with E-state index in [1.165, 1.54) is 0 Å². The lowest BCUT2D eigenvalue weighted by Gasteiger charge is -2.19. The second-order valence-corrected chi connectivity index (χ2v) is 6.33. The fraction of sp³-hybridized carbons (Fsp3) is 0.412. The highest BCUT2D eigenvalue weighted by atomic mass is 16.6. The summed E-state index contributed by atoms with van der Waals surface area (Å²) >= 11 is 0. The van der Waals surface area contributed by atoms with Crippen LogP contribution in [-0.4, -0.2) is 24.1 Å². The van der Waals surface area contributed by atoms with Crippen LogP contribution in [0, 0.1) is 0 Å². The minimum Gasteiger partial charge on any atom is -0.459 e. The molecule has 6 heteroatoms.